The van der Waals surface area contributed by atoms with Crippen molar-refractivity contribution in [1.29, 1.82) is 0 Å². The molecule has 3 aromatic carbocycles. The number of aromatic nitrogens is 4. The van der Waals surface area contributed by atoms with E-state index in [0.717, 1.165) is 30.3 Å². The SMILES string of the molecule is CC1C(=O)C(Cc2ccccc2)C(Cc2ccccc2-c2ccccc2)C12Cn1c(ncc3ncnc1-3)N2. The molecule has 1 aliphatic carbocycles. The van der Waals surface area contributed by atoms with Crippen molar-refractivity contribution in [2.45, 2.75) is 31.8 Å². The molecule has 3 heterocycles. The van der Waals surface area contributed by atoms with Crippen LogP contribution in [0, 0.1) is 17.8 Å². The van der Waals surface area contributed by atoms with Crippen LogP contribution in [-0.4, -0.2) is 30.8 Å². The molecule has 4 aliphatic rings. The summed E-state index contributed by atoms with van der Waals surface area (Å²) in [5, 5.41) is 3.78. The van der Waals surface area contributed by atoms with E-state index in [9.17, 15) is 4.79 Å². The smallest absolute Gasteiger partial charge is 0.205 e. The number of benzene rings is 3. The number of hydrogen-bond donors (Lipinski definition) is 1. The average molecular weight is 500 g/mol. The highest BCUT2D eigenvalue weighted by molar-refractivity contribution is 5.89. The number of fused-ring (bicyclic) bond motifs is 3. The van der Waals surface area contributed by atoms with Crippen LogP contribution >= 0.6 is 0 Å². The summed E-state index contributed by atoms with van der Waals surface area (Å²) in [6.07, 6.45) is 4.87. The predicted molar refractivity (Wildman–Crippen MR) is 148 cm³/mol. The number of carbonyl (C=O) groups is 1. The molecule has 0 aromatic heterocycles. The lowest BCUT2D eigenvalue weighted by molar-refractivity contribution is -0.124. The fourth-order valence-corrected chi connectivity index (χ4v) is 6.80. The van der Waals surface area contributed by atoms with Gasteiger partial charge in [-0.05, 0) is 41.0 Å². The Morgan fingerprint density at radius 3 is 2.45 bits per heavy atom. The monoisotopic (exact) mass is 499 g/mol. The number of rotatable bonds is 5. The minimum atomic E-state index is -0.465. The van der Waals surface area contributed by atoms with Crippen LogP contribution in [0.1, 0.15) is 18.1 Å². The lowest BCUT2D eigenvalue weighted by Crippen LogP contribution is -2.48. The Morgan fingerprint density at radius 1 is 0.895 bits per heavy atom. The molecule has 0 bridgehead atoms. The molecule has 4 atom stereocenters. The molecule has 38 heavy (non-hydrogen) atoms. The van der Waals surface area contributed by atoms with Gasteiger partial charge in [-0.1, -0.05) is 91.9 Å². The standard InChI is InChI=1S/C32H29N5O/c1-21-29(38)26(16-22-10-4-2-5-11-22)27(17-24-14-8-9-15-25(24)23-12-6-3-7-13-23)32(21)19-37-30-28(34-20-35-30)18-33-31(37)36-32/h2-15,18,20-21,26-27H,16-17,19H2,1H3,(H,33,36). The summed E-state index contributed by atoms with van der Waals surface area (Å²) in [6, 6.07) is 29.6. The van der Waals surface area contributed by atoms with Crippen LogP contribution in [0.25, 0.3) is 22.6 Å². The highest BCUT2D eigenvalue weighted by Gasteiger charge is 2.60. The summed E-state index contributed by atoms with van der Waals surface area (Å²) < 4.78 is 2.12. The van der Waals surface area contributed by atoms with Gasteiger partial charge in [0.2, 0.25) is 5.95 Å². The van der Waals surface area contributed by atoms with Crippen LogP contribution in [0.3, 0.4) is 0 Å². The van der Waals surface area contributed by atoms with E-state index in [2.05, 4.69) is 99.6 Å². The molecule has 1 N–H and O–H groups in total. The molecule has 0 amide bonds. The Bertz CT molecular complexity index is 1580. The normalized spacial score (nSPS) is 24.1. The lowest BCUT2D eigenvalue weighted by atomic mass is 9.74. The number of imidazole rings is 1. The van der Waals surface area contributed by atoms with Gasteiger partial charge in [-0.15, -0.1) is 0 Å². The number of anilines is 1. The summed E-state index contributed by atoms with van der Waals surface area (Å²) in [5.41, 5.74) is 5.18. The maximum Gasteiger partial charge on any atom is 0.205 e. The van der Waals surface area contributed by atoms with Crippen molar-refractivity contribution < 1.29 is 4.79 Å². The number of nitrogens with zero attached hydrogens (tertiary/aromatic N) is 4. The molecule has 3 aliphatic heterocycles. The first kappa shape index (κ1) is 22.8. The molecular weight excluding hydrogens is 470 g/mol. The van der Waals surface area contributed by atoms with E-state index in [1.807, 2.05) is 12.1 Å². The van der Waals surface area contributed by atoms with Crippen molar-refractivity contribution in [2.75, 3.05) is 5.32 Å². The number of carbonyl (C=O) groups excluding carboxylic acids is 1. The zero-order valence-electron chi connectivity index (χ0n) is 21.3. The van der Waals surface area contributed by atoms with Crippen molar-refractivity contribution >= 4 is 11.7 Å². The van der Waals surface area contributed by atoms with E-state index in [1.54, 1.807) is 12.5 Å². The van der Waals surface area contributed by atoms with Gasteiger partial charge in [0.15, 0.2) is 5.82 Å². The van der Waals surface area contributed by atoms with E-state index in [-0.39, 0.29) is 17.8 Å². The predicted octanol–water partition coefficient (Wildman–Crippen LogP) is 5.55. The maximum absolute atomic E-state index is 14.1. The minimum absolute atomic E-state index is 0.0646. The highest BCUT2D eigenvalue weighted by Crippen LogP contribution is 2.51. The van der Waals surface area contributed by atoms with Gasteiger partial charge < -0.3 is 5.32 Å². The summed E-state index contributed by atoms with van der Waals surface area (Å²) >= 11 is 0. The third-order valence-corrected chi connectivity index (χ3v) is 8.74. The summed E-state index contributed by atoms with van der Waals surface area (Å²) in [5.74, 6) is 1.68. The molecule has 0 radical (unpaired) electrons. The van der Waals surface area contributed by atoms with E-state index < -0.39 is 5.54 Å². The molecule has 4 unspecified atom stereocenters. The topological polar surface area (TPSA) is 72.7 Å². The number of Topliss-reactive ketones (excluding diaryl/α,β-unsaturated/α-hetero) is 1. The molecule has 6 nitrogen and oxygen atoms in total. The second-order valence-electron chi connectivity index (χ2n) is 10.7. The van der Waals surface area contributed by atoms with Gasteiger partial charge in [0, 0.05) is 11.8 Å². The van der Waals surface area contributed by atoms with Gasteiger partial charge in [0.1, 0.15) is 17.8 Å². The van der Waals surface area contributed by atoms with Crippen molar-refractivity contribution in [3.63, 3.8) is 0 Å². The molecule has 7 rings (SSSR count). The fraction of sp³-hybridized carbons (Fsp3) is 0.250. The van der Waals surface area contributed by atoms with Crippen molar-refractivity contribution in [3.05, 3.63) is 109 Å². The van der Waals surface area contributed by atoms with Crippen LogP contribution in [-0.2, 0) is 24.2 Å². The van der Waals surface area contributed by atoms with Gasteiger partial charge >= 0.3 is 0 Å². The largest absolute Gasteiger partial charge is 0.347 e. The Kier molecular flexibility index (Phi) is 5.36. The summed E-state index contributed by atoms with van der Waals surface area (Å²) in [4.78, 5) is 27.7. The number of ketones is 1. The molecule has 0 saturated heterocycles. The summed E-state index contributed by atoms with van der Waals surface area (Å²) in [7, 11) is 0. The number of nitrogens with one attached hydrogen (secondary N) is 1. The molecular formula is C32H29N5O. The quantitative estimate of drug-likeness (QED) is 0.343. The van der Waals surface area contributed by atoms with Crippen molar-refractivity contribution in [3.8, 4) is 22.6 Å². The highest BCUT2D eigenvalue weighted by atomic mass is 16.1. The molecule has 3 aromatic rings. The molecule has 1 fully saturated rings. The van der Waals surface area contributed by atoms with Gasteiger partial charge in [-0.2, -0.15) is 0 Å². The first-order valence-corrected chi connectivity index (χ1v) is 13.3. The molecule has 188 valence electrons. The third-order valence-electron chi connectivity index (χ3n) is 8.74. The van der Waals surface area contributed by atoms with Crippen LogP contribution < -0.4 is 5.32 Å². The molecule has 1 saturated carbocycles. The van der Waals surface area contributed by atoms with Gasteiger partial charge in [-0.25, -0.2) is 15.0 Å². The zero-order valence-corrected chi connectivity index (χ0v) is 21.3. The minimum Gasteiger partial charge on any atom is -0.347 e. The number of hydrogen-bond acceptors (Lipinski definition) is 5. The van der Waals surface area contributed by atoms with Crippen LogP contribution in [0.4, 0.5) is 5.95 Å². The first-order chi connectivity index (χ1) is 18.6. The Labute approximate surface area is 222 Å². The maximum atomic E-state index is 14.1. The van der Waals surface area contributed by atoms with Crippen LogP contribution in [0.15, 0.2) is 97.5 Å². The Hall–Kier alpha value is -4.32. The zero-order chi connectivity index (χ0) is 25.7. The van der Waals surface area contributed by atoms with Crippen molar-refractivity contribution in [1.82, 2.24) is 19.5 Å². The van der Waals surface area contributed by atoms with Crippen LogP contribution in [0.5, 0.6) is 0 Å². The second-order valence-corrected chi connectivity index (χ2v) is 10.7. The van der Waals surface area contributed by atoms with Gasteiger partial charge in [0.05, 0.1) is 18.3 Å². The lowest BCUT2D eigenvalue weighted by Gasteiger charge is -2.36. The summed E-state index contributed by atoms with van der Waals surface area (Å²) in [6.45, 7) is 2.73. The van der Waals surface area contributed by atoms with E-state index in [0.29, 0.717) is 12.3 Å². The molecule has 6 heteroatoms. The van der Waals surface area contributed by atoms with Crippen LogP contribution in [0.2, 0.25) is 0 Å². The first-order valence-electron chi connectivity index (χ1n) is 13.3. The average Bonchev–Trinajstić information content (AvgIpc) is 3.64. The van der Waals surface area contributed by atoms with E-state index in [4.69, 9.17) is 4.98 Å². The Morgan fingerprint density at radius 2 is 1.63 bits per heavy atom. The third kappa shape index (κ3) is 3.55. The van der Waals surface area contributed by atoms with E-state index >= 15 is 0 Å². The Balaban J connectivity index is 1.34. The van der Waals surface area contributed by atoms with Crippen molar-refractivity contribution in [2.24, 2.45) is 17.8 Å². The van der Waals surface area contributed by atoms with Gasteiger partial charge in [0.25, 0.3) is 0 Å². The fourth-order valence-electron chi connectivity index (χ4n) is 6.80. The second kappa shape index (κ2) is 8.91. The molecule has 1 spiro atoms. The van der Waals surface area contributed by atoms with Gasteiger partial charge in [-0.3, -0.25) is 9.36 Å². The van der Waals surface area contributed by atoms with E-state index in [1.165, 1.54) is 22.3 Å².